The summed E-state index contributed by atoms with van der Waals surface area (Å²) in [5.74, 6) is 0.152. The van der Waals surface area contributed by atoms with Crippen molar-refractivity contribution in [2.45, 2.75) is 32.6 Å². The highest BCUT2D eigenvalue weighted by Crippen LogP contribution is 2.07. The molecule has 4 heteroatoms. The number of carbonyl (C=O) groups is 1. The molecule has 0 aliphatic carbocycles. The van der Waals surface area contributed by atoms with Crippen LogP contribution in [0.25, 0.3) is 0 Å². The molecule has 0 spiro atoms. The molecule has 4 nitrogen and oxygen atoms in total. The maximum absolute atomic E-state index is 11.3. The molecule has 0 radical (unpaired) electrons. The summed E-state index contributed by atoms with van der Waals surface area (Å²) >= 11 is 0. The molecule has 0 aliphatic heterocycles. The van der Waals surface area contributed by atoms with Gasteiger partial charge in [-0.1, -0.05) is 19.8 Å². The molecule has 2 N–H and O–H groups in total. The molecule has 0 atom stereocenters. The van der Waals surface area contributed by atoms with Crippen LogP contribution in [-0.2, 0) is 4.79 Å². The number of phenols is 1. The Morgan fingerprint density at radius 3 is 2.71 bits per heavy atom. The first-order valence-electron chi connectivity index (χ1n) is 5.83. The molecule has 0 fully saturated rings. The average Bonchev–Trinajstić information content (AvgIpc) is 2.32. The fourth-order valence-corrected chi connectivity index (χ4v) is 1.33. The minimum Gasteiger partial charge on any atom is -0.508 e. The molecule has 1 aromatic rings. The van der Waals surface area contributed by atoms with E-state index in [0.29, 0.717) is 6.42 Å². The lowest BCUT2D eigenvalue weighted by molar-refractivity contribution is -0.121. The van der Waals surface area contributed by atoms with Gasteiger partial charge >= 0.3 is 0 Å². The molecule has 0 heterocycles. The van der Waals surface area contributed by atoms with E-state index in [0.717, 1.165) is 24.8 Å². The zero-order valence-corrected chi connectivity index (χ0v) is 10.0. The highest BCUT2D eigenvalue weighted by atomic mass is 16.3. The maximum atomic E-state index is 11.3. The molecule has 1 amide bonds. The second kappa shape index (κ2) is 7.44. The van der Waals surface area contributed by atoms with Crippen molar-refractivity contribution in [1.29, 1.82) is 0 Å². The van der Waals surface area contributed by atoms with Crippen LogP contribution in [0.5, 0.6) is 5.75 Å². The quantitative estimate of drug-likeness (QED) is 0.451. The van der Waals surface area contributed by atoms with Crippen molar-refractivity contribution in [3.8, 4) is 5.75 Å². The number of phenolic OH excluding ortho intramolecular Hbond substituents is 1. The fraction of sp³-hybridized carbons (Fsp3) is 0.385. The number of amides is 1. The summed E-state index contributed by atoms with van der Waals surface area (Å²) in [5, 5.41) is 12.9. The first kappa shape index (κ1) is 13.2. The number of hydrazone groups is 1. The molecule has 1 rings (SSSR count). The number of aromatic hydroxyl groups is 1. The largest absolute Gasteiger partial charge is 0.508 e. The van der Waals surface area contributed by atoms with Gasteiger partial charge in [-0.2, -0.15) is 5.10 Å². The molecular formula is C13H18N2O2. The number of hydrogen-bond donors (Lipinski definition) is 2. The number of rotatable bonds is 6. The van der Waals surface area contributed by atoms with Gasteiger partial charge in [0.05, 0.1) is 6.21 Å². The van der Waals surface area contributed by atoms with Crippen molar-refractivity contribution in [2.75, 3.05) is 0 Å². The number of nitrogens with one attached hydrogen (secondary N) is 1. The van der Waals surface area contributed by atoms with Crippen molar-refractivity contribution < 1.29 is 9.90 Å². The SMILES string of the molecule is CCCCCC(=O)N/N=C\c1ccc(O)cc1. The topological polar surface area (TPSA) is 61.7 Å². The van der Waals surface area contributed by atoms with Crippen LogP contribution in [0.1, 0.15) is 38.2 Å². The van der Waals surface area contributed by atoms with Gasteiger partial charge in [0.25, 0.3) is 0 Å². The lowest BCUT2D eigenvalue weighted by Gasteiger charge is -1.98. The number of benzene rings is 1. The highest BCUT2D eigenvalue weighted by Gasteiger charge is 1.97. The van der Waals surface area contributed by atoms with Crippen LogP contribution < -0.4 is 5.43 Å². The fourth-order valence-electron chi connectivity index (χ4n) is 1.33. The van der Waals surface area contributed by atoms with Crippen LogP contribution in [0.4, 0.5) is 0 Å². The zero-order chi connectivity index (χ0) is 12.5. The summed E-state index contributed by atoms with van der Waals surface area (Å²) in [4.78, 5) is 11.3. The summed E-state index contributed by atoms with van der Waals surface area (Å²) in [5.41, 5.74) is 3.30. The first-order chi connectivity index (χ1) is 8.22. The van der Waals surface area contributed by atoms with E-state index in [1.165, 1.54) is 0 Å². The smallest absolute Gasteiger partial charge is 0.240 e. The Morgan fingerprint density at radius 2 is 2.06 bits per heavy atom. The minimum absolute atomic E-state index is 0.0616. The Kier molecular flexibility index (Phi) is 5.79. The van der Waals surface area contributed by atoms with Gasteiger partial charge in [0.15, 0.2) is 0 Å². The van der Waals surface area contributed by atoms with Gasteiger partial charge in [-0.15, -0.1) is 0 Å². The number of carbonyl (C=O) groups excluding carboxylic acids is 1. The number of unbranched alkanes of at least 4 members (excludes halogenated alkanes) is 2. The van der Waals surface area contributed by atoms with Crippen molar-refractivity contribution in [3.63, 3.8) is 0 Å². The van der Waals surface area contributed by atoms with Crippen LogP contribution in [0.2, 0.25) is 0 Å². The van der Waals surface area contributed by atoms with Gasteiger partial charge in [0, 0.05) is 6.42 Å². The Labute approximate surface area is 101 Å². The van der Waals surface area contributed by atoms with Crippen LogP contribution in [-0.4, -0.2) is 17.2 Å². The van der Waals surface area contributed by atoms with E-state index in [9.17, 15) is 4.79 Å². The molecule has 0 bridgehead atoms. The van der Waals surface area contributed by atoms with Gasteiger partial charge in [-0.05, 0) is 36.2 Å². The minimum atomic E-state index is -0.0616. The second-order valence-corrected chi connectivity index (χ2v) is 3.84. The third kappa shape index (κ3) is 5.70. The van der Waals surface area contributed by atoms with Crippen molar-refractivity contribution >= 4 is 12.1 Å². The van der Waals surface area contributed by atoms with Crippen molar-refractivity contribution in [2.24, 2.45) is 5.10 Å². The molecule has 92 valence electrons. The molecule has 17 heavy (non-hydrogen) atoms. The zero-order valence-electron chi connectivity index (χ0n) is 10.0. The van der Waals surface area contributed by atoms with E-state index in [1.54, 1.807) is 30.5 Å². The standard InChI is InChI=1S/C13H18N2O2/c1-2-3-4-5-13(17)15-14-10-11-6-8-12(16)9-7-11/h6-10,16H,2-5H2,1H3,(H,15,17)/b14-10-. The number of nitrogens with zero attached hydrogens (tertiary/aromatic N) is 1. The normalized spacial score (nSPS) is 10.6. The van der Waals surface area contributed by atoms with Crippen LogP contribution in [0, 0.1) is 0 Å². The van der Waals surface area contributed by atoms with E-state index in [-0.39, 0.29) is 11.7 Å². The monoisotopic (exact) mass is 234 g/mol. The Hall–Kier alpha value is -1.84. The highest BCUT2D eigenvalue weighted by molar-refractivity contribution is 5.82. The van der Waals surface area contributed by atoms with E-state index in [4.69, 9.17) is 5.11 Å². The summed E-state index contributed by atoms with van der Waals surface area (Å²) in [6.07, 6.45) is 5.13. The molecule has 1 aromatic carbocycles. The molecule has 0 saturated carbocycles. The van der Waals surface area contributed by atoms with Crippen LogP contribution >= 0.6 is 0 Å². The molecular weight excluding hydrogens is 216 g/mol. The van der Waals surface area contributed by atoms with Gasteiger partial charge in [-0.3, -0.25) is 4.79 Å². The predicted octanol–water partition coefficient (Wildman–Crippen LogP) is 2.42. The van der Waals surface area contributed by atoms with Gasteiger partial charge < -0.3 is 5.11 Å². The van der Waals surface area contributed by atoms with E-state index in [1.807, 2.05) is 0 Å². The molecule has 0 aromatic heterocycles. The Balaban J connectivity index is 2.29. The van der Waals surface area contributed by atoms with Crippen LogP contribution in [0.15, 0.2) is 29.4 Å². The second-order valence-electron chi connectivity index (χ2n) is 3.84. The van der Waals surface area contributed by atoms with E-state index < -0.39 is 0 Å². The van der Waals surface area contributed by atoms with Gasteiger partial charge in [-0.25, -0.2) is 5.43 Å². The van der Waals surface area contributed by atoms with Crippen molar-refractivity contribution in [1.82, 2.24) is 5.43 Å². The van der Waals surface area contributed by atoms with E-state index >= 15 is 0 Å². The Bertz CT molecular complexity index is 372. The summed E-state index contributed by atoms with van der Waals surface area (Å²) in [7, 11) is 0. The first-order valence-corrected chi connectivity index (χ1v) is 5.83. The van der Waals surface area contributed by atoms with Crippen LogP contribution in [0.3, 0.4) is 0 Å². The molecule has 0 aliphatic rings. The summed E-state index contributed by atoms with van der Waals surface area (Å²) in [6, 6.07) is 6.60. The Morgan fingerprint density at radius 1 is 1.35 bits per heavy atom. The lowest BCUT2D eigenvalue weighted by Crippen LogP contribution is -2.16. The summed E-state index contributed by atoms with van der Waals surface area (Å²) in [6.45, 7) is 2.10. The lowest BCUT2D eigenvalue weighted by atomic mass is 10.2. The van der Waals surface area contributed by atoms with E-state index in [2.05, 4.69) is 17.5 Å². The predicted molar refractivity (Wildman–Crippen MR) is 68.0 cm³/mol. The van der Waals surface area contributed by atoms with Gasteiger partial charge in [0.1, 0.15) is 5.75 Å². The average molecular weight is 234 g/mol. The molecule has 0 saturated heterocycles. The molecule has 0 unspecified atom stereocenters. The number of hydrogen-bond acceptors (Lipinski definition) is 3. The van der Waals surface area contributed by atoms with Crippen molar-refractivity contribution in [3.05, 3.63) is 29.8 Å². The van der Waals surface area contributed by atoms with Gasteiger partial charge in [0.2, 0.25) is 5.91 Å². The summed E-state index contributed by atoms with van der Waals surface area (Å²) < 4.78 is 0. The third-order valence-electron chi connectivity index (χ3n) is 2.30. The maximum Gasteiger partial charge on any atom is 0.240 e. The third-order valence-corrected chi connectivity index (χ3v) is 2.30.